The van der Waals surface area contributed by atoms with E-state index in [-0.39, 0.29) is 0 Å². The van der Waals surface area contributed by atoms with Gasteiger partial charge in [0, 0.05) is 18.0 Å². The fourth-order valence-electron chi connectivity index (χ4n) is 1.67. The zero-order chi connectivity index (χ0) is 11.5. The molecule has 0 saturated heterocycles. The fourth-order valence-corrected chi connectivity index (χ4v) is 1.67. The first-order valence-electron chi connectivity index (χ1n) is 5.18. The minimum Gasteiger partial charge on any atom is -0.265 e. The molecule has 0 amide bonds. The number of nitrogens with one attached hydrogen (secondary N) is 1. The number of benzene rings is 1. The molecule has 17 heavy (non-hydrogen) atoms. The molecular formula is C12H9N5. The van der Waals surface area contributed by atoms with Gasteiger partial charge in [-0.1, -0.05) is 18.2 Å². The lowest BCUT2D eigenvalue weighted by molar-refractivity contribution is 0.881. The van der Waals surface area contributed by atoms with Gasteiger partial charge >= 0.3 is 0 Å². The number of nitrogens with zero attached hydrogens (tertiary/aromatic N) is 4. The quantitative estimate of drug-likeness (QED) is 0.720. The summed E-state index contributed by atoms with van der Waals surface area (Å²) in [6, 6.07) is 11.9. The molecule has 3 rings (SSSR count). The maximum absolute atomic E-state index is 4.00. The highest BCUT2D eigenvalue weighted by molar-refractivity contribution is 5.69. The van der Waals surface area contributed by atoms with E-state index in [0.29, 0.717) is 5.82 Å². The third-order valence-electron chi connectivity index (χ3n) is 2.48. The Kier molecular flexibility index (Phi) is 2.34. The number of pyridine rings is 1. The van der Waals surface area contributed by atoms with Gasteiger partial charge in [-0.3, -0.25) is 4.98 Å². The van der Waals surface area contributed by atoms with Crippen molar-refractivity contribution in [3.05, 3.63) is 48.8 Å². The first-order chi connectivity index (χ1) is 8.43. The average molecular weight is 223 g/mol. The normalized spacial score (nSPS) is 10.4. The lowest BCUT2D eigenvalue weighted by atomic mass is 10.0. The van der Waals surface area contributed by atoms with Crippen LogP contribution in [0.3, 0.4) is 0 Å². The highest BCUT2D eigenvalue weighted by Crippen LogP contribution is 2.23. The maximum Gasteiger partial charge on any atom is 0.204 e. The van der Waals surface area contributed by atoms with Gasteiger partial charge < -0.3 is 0 Å². The molecule has 2 heterocycles. The van der Waals surface area contributed by atoms with Crippen LogP contribution in [0.1, 0.15) is 0 Å². The third kappa shape index (κ3) is 1.90. The predicted molar refractivity (Wildman–Crippen MR) is 62.8 cm³/mol. The molecule has 2 aromatic heterocycles. The molecule has 0 aliphatic carbocycles. The van der Waals surface area contributed by atoms with Gasteiger partial charge in [-0.25, -0.2) is 0 Å². The average Bonchev–Trinajstić information content (AvgIpc) is 2.94. The van der Waals surface area contributed by atoms with Gasteiger partial charge in [-0.2, -0.15) is 5.21 Å². The van der Waals surface area contributed by atoms with E-state index in [1.807, 2.05) is 36.4 Å². The first-order valence-corrected chi connectivity index (χ1v) is 5.18. The smallest absolute Gasteiger partial charge is 0.204 e. The Balaban J connectivity index is 2.06. The van der Waals surface area contributed by atoms with Crippen molar-refractivity contribution in [1.29, 1.82) is 0 Å². The highest BCUT2D eigenvalue weighted by Gasteiger charge is 2.04. The largest absolute Gasteiger partial charge is 0.265 e. The van der Waals surface area contributed by atoms with E-state index in [2.05, 4.69) is 25.6 Å². The van der Waals surface area contributed by atoms with Crippen molar-refractivity contribution >= 4 is 0 Å². The van der Waals surface area contributed by atoms with E-state index in [4.69, 9.17) is 0 Å². The number of hydrogen-bond donors (Lipinski definition) is 1. The molecule has 82 valence electrons. The second kappa shape index (κ2) is 4.13. The lowest BCUT2D eigenvalue weighted by Gasteiger charge is -2.02. The van der Waals surface area contributed by atoms with Crippen molar-refractivity contribution in [2.45, 2.75) is 0 Å². The van der Waals surface area contributed by atoms with Crippen LogP contribution in [0, 0.1) is 0 Å². The van der Waals surface area contributed by atoms with Gasteiger partial charge in [0.25, 0.3) is 0 Å². The van der Waals surface area contributed by atoms with Crippen molar-refractivity contribution in [2.75, 3.05) is 0 Å². The molecule has 0 aliphatic heterocycles. The van der Waals surface area contributed by atoms with Gasteiger partial charge in [0.05, 0.1) is 0 Å². The topological polar surface area (TPSA) is 67.3 Å². The van der Waals surface area contributed by atoms with Crippen LogP contribution in [0.2, 0.25) is 0 Å². The highest BCUT2D eigenvalue weighted by atomic mass is 15.5. The van der Waals surface area contributed by atoms with Crippen LogP contribution in [0.15, 0.2) is 48.8 Å². The van der Waals surface area contributed by atoms with Crippen LogP contribution in [0.25, 0.3) is 22.5 Å². The van der Waals surface area contributed by atoms with Gasteiger partial charge in [-0.05, 0) is 34.5 Å². The molecule has 0 spiro atoms. The maximum atomic E-state index is 4.00. The van der Waals surface area contributed by atoms with Crippen molar-refractivity contribution < 1.29 is 0 Å². The number of aromatic amines is 1. The van der Waals surface area contributed by atoms with Crippen molar-refractivity contribution in [3.63, 3.8) is 0 Å². The van der Waals surface area contributed by atoms with Crippen LogP contribution in [0.4, 0.5) is 0 Å². The molecule has 1 aromatic carbocycles. The summed E-state index contributed by atoms with van der Waals surface area (Å²) in [5, 5.41) is 13.9. The van der Waals surface area contributed by atoms with E-state index in [0.717, 1.165) is 16.7 Å². The van der Waals surface area contributed by atoms with E-state index in [9.17, 15) is 0 Å². The zero-order valence-electron chi connectivity index (χ0n) is 8.91. The van der Waals surface area contributed by atoms with Gasteiger partial charge in [0.2, 0.25) is 5.82 Å². The van der Waals surface area contributed by atoms with Crippen LogP contribution >= 0.6 is 0 Å². The Morgan fingerprint density at radius 1 is 0.882 bits per heavy atom. The standard InChI is InChI=1S/C12H9N5/c1-2-10(9-4-6-13-7-5-9)8-11(3-1)12-14-16-17-15-12/h1-8H,(H,14,15,16,17). The fraction of sp³-hybridized carbons (Fsp3) is 0. The predicted octanol–water partition coefficient (Wildman–Crippen LogP) is 1.93. The van der Waals surface area contributed by atoms with Crippen LogP contribution in [0.5, 0.6) is 0 Å². The van der Waals surface area contributed by atoms with Gasteiger partial charge in [0.15, 0.2) is 0 Å². The second-order valence-corrected chi connectivity index (χ2v) is 3.55. The SMILES string of the molecule is c1cc(-c2ccncc2)cc(-c2nn[nH]n2)c1. The minimum absolute atomic E-state index is 0.598. The van der Waals surface area contributed by atoms with Crippen molar-refractivity contribution in [2.24, 2.45) is 0 Å². The minimum atomic E-state index is 0.598. The molecule has 0 atom stereocenters. The number of rotatable bonds is 2. The molecule has 0 saturated carbocycles. The monoisotopic (exact) mass is 223 g/mol. The van der Waals surface area contributed by atoms with E-state index < -0.39 is 0 Å². The summed E-state index contributed by atoms with van der Waals surface area (Å²) < 4.78 is 0. The Bertz CT molecular complexity index is 604. The van der Waals surface area contributed by atoms with Gasteiger partial charge in [-0.15, -0.1) is 10.2 Å². The van der Waals surface area contributed by atoms with E-state index in [1.165, 1.54) is 0 Å². The first kappa shape index (κ1) is 9.65. The summed E-state index contributed by atoms with van der Waals surface area (Å²) in [4.78, 5) is 4.00. The number of tetrazole rings is 1. The van der Waals surface area contributed by atoms with E-state index >= 15 is 0 Å². The molecule has 0 bridgehead atoms. The Morgan fingerprint density at radius 2 is 1.71 bits per heavy atom. The Hall–Kier alpha value is -2.56. The molecule has 3 aromatic rings. The van der Waals surface area contributed by atoms with Crippen LogP contribution in [-0.4, -0.2) is 25.6 Å². The van der Waals surface area contributed by atoms with Crippen LogP contribution < -0.4 is 0 Å². The second-order valence-electron chi connectivity index (χ2n) is 3.55. The summed E-state index contributed by atoms with van der Waals surface area (Å²) in [5.41, 5.74) is 3.16. The molecule has 5 heteroatoms. The Morgan fingerprint density at radius 3 is 2.47 bits per heavy atom. The summed E-state index contributed by atoms with van der Waals surface area (Å²) in [6.07, 6.45) is 3.55. The third-order valence-corrected chi connectivity index (χ3v) is 2.48. The summed E-state index contributed by atoms with van der Waals surface area (Å²) in [5.74, 6) is 0.598. The molecule has 0 fully saturated rings. The van der Waals surface area contributed by atoms with Crippen LogP contribution in [-0.2, 0) is 0 Å². The zero-order valence-corrected chi connectivity index (χ0v) is 8.91. The number of hydrogen-bond acceptors (Lipinski definition) is 4. The lowest BCUT2D eigenvalue weighted by Crippen LogP contribution is -1.83. The molecule has 0 radical (unpaired) electrons. The Labute approximate surface area is 97.5 Å². The van der Waals surface area contributed by atoms with Crippen molar-refractivity contribution in [3.8, 4) is 22.5 Å². The number of aromatic nitrogens is 5. The molecule has 0 aliphatic rings. The summed E-state index contributed by atoms with van der Waals surface area (Å²) in [7, 11) is 0. The van der Waals surface area contributed by atoms with Gasteiger partial charge in [0.1, 0.15) is 0 Å². The number of H-pyrrole nitrogens is 1. The summed E-state index contributed by atoms with van der Waals surface area (Å²) >= 11 is 0. The molecule has 5 nitrogen and oxygen atoms in total. The summed E-state index contributed by atoms with van der Waals surface area (Å²) in [6.45, 7) is 0. The molecule has 1 N–H and O–H groups in total. The molecular weight excluding hydrogens is 214 g/mol. The van der Waals surface area contributed by atoms with E-state index in [1.54, 1.807) is 12.4 Å². The van der Waals surface area contributed by atoms with Crippen molar-refractivity contribution in [1.82, 2.24) is 25.6 Å². The molecule has 0 unspecified atom stereocenters.